The van der Waals surface area contributed by atoms with Gasteiger partial charge in [0.2, 0.25) is 0 Å². The molecule has 0 aliphatic heterocycles. The summed E-state index contributed by atoms with van der Waals surface area (Å²) in [6, 6.07) is 8.26. The van der Waals surface area contributed by atoms with Crippen molar-refractivity contribution in [2.24, 2.45) is 0 Å². The predicted molar refractivity (Wildman–Crippen MR) is 153 cm³/mol. The van der Waals surface area contributed by atoms with E-state index in [9.17, 15) is 23.4 Å². The molecule has 0 saturated heterocycles. The first-order chi connectivity index (χ1) is 18.3. The highest BCUT2D eigenvalue weighted by Gasteiger charge is 2.36. The summed E-state index contributed by atoms with van der Waals surface area (Å²) in [6.45, 7) is 3.07. The molecule has 1 aromatic rings. The van der Waals surface area contributed by atoms with E-state index in [0.717, 1.165) is 25.7 Å². The molecule has 0 spiro atoms. The van der Waals surface area contributed by atoms with Gasteiger partial charge in [0.1, 0.15) is 6.10 Å². The molecule has 3 atom stereocenters. The van der Waals surface area contributed by atoms with Crippen LogP contribution >= 0.6 is 0 Å². The third-order valence-electron chi connectivity index (χ3n) is 6.87. The SMILES string of the molecule is CCCCCCCCCCCCCCC(CCC)NS(=O)(=O)N(Cc1ccccc1)C(=O)C(O)C(O)CO. The lowest BCUT2D eigenvalue weighted by Gasteiger charge is -2.28. The van der Waals surface area contributed by atoms with Crippen molar-refractivity contribution in [3.63, 3.8) is 0 Å². The molecule has 0 fully saturated rings. The average Bonchev–Trinajstić information content (AvgIpc) is 2.91. The van der Waals surface area contributed by atoms with Crippen LogP contribution in [0.1, 0.15) is 116 Å². The number of unbranched alkanes of at least 4 members (excludes halogenated alkanes) is 11. The van der Waals surface area contributed by atoms with E-state index in [1.165, 1.54) is 57.8 Å². The predicted octanol–water partition coefficient (Wildman–Crippen LogP) is 4.82. The summed E-state index contributed by atoms with van der Waals surface area (Å²) >= 11 is 0. The molecule has 3 unspecified atom stereocenters. The van der Waals surface area contributed by atoms with Crippen LogP contribution in [0.25, 0.3) is 0 Å². The summed E-state index contributed by atoms with van der Waals surface area (Å²) in [5.41, 5.74) is 0.560. The second-order valence-corrected chi connectivity index (χ2v) is 11.9. The third-order valence-corrected chi connectivity index (χ3v) is 8.39. The molecule has 0 aliphatic rings. The molecule has 38 heavy (non-hydrogen) atoms. The standard InChI is InChI=1S/C29H52N2O6S/c1-3-5-6-7-8-9-10-11-12-13-14-18-22-26(19-4-2)30-38(36,37)31(23-25-20-16-15-17-21-25)29(35)28(34)27(33)24-32/h15-17,20-21,26-28,30,32-34H,3-14,18-19,22-24H2,1-2H3. The van der Waals surface area contributed by atoms with Crippen molar-refractivity contribution in [3.05, 3.63) is 35.9 Å². The number of nitrogens with zero attached hydrogens (tertiary/aromatic N) is 1. The van der Waals surface area contributed by atoms with Crippen LogP contribution < -0.4 is 4.72 Å². The van der Waals surface area contributed by atoms with Crippen LogP contribution in [0.2, 0.25) is 0 Å². The summed E-state index contributed by atoms with van der Waals surface area (Å²) in [4.78, 5) is 12.9. The van der Waals surface area contributed by atoms with E-state index in [0.29, 0.717) is 22.7 Å². The first-order valence-corrected chi connectivity index (χ1v) is 16.1. The molecule has 0 aliphatic carbocycles. The number of hydrogen-bond acceptors (Lipinski definition) is 6. The van der Waals surface area contributed by atoms with Gasteiger partial charge in [-0.05, 0) is 18.4 Å². The Morgan fingerprint density at radius 3 is 1.84 bits per heavy atom. The van der Waals surface area contributed by atoms with Gasteiger partial charge in [0, 0.05) is 6.04 Å². The fourth-order valence-electron chi connectivity index (χ4n) is 4.56. The number of carbonyl (C=O) groups is 1. The molecular weight excluding hydrogens is 504 g/mol. The van der Waals surface area contributed by atoms with Crippen molar-refractivity contribution < 1.29 is 28.5 Å². The minimum Gasteiger partial charge on any atom is -0.394 e. The molecule has 9 heteroatoms. The zero-order chi connectivity index (χ0) is 28.2. The van der Waals surface area contributed by atoms with Gasteiger partial charge in [0.25, 0.3) is 5.91 Å². The van der Waals surface area contributed by atoms with Crippen molar-refractivity contribution in [3.8, 4) is 0 Å². The Labute approximate surface area is 231 Å². The number of nitrogens with one attached hydrogen (secondary N) is 1. The van der Waals surface area contributed by atoms with Gasteiger partial charge in [-0.15, -0.1) is 0 Å². The van der Waals surface area contributed by atoms with Gasteiger partial charge in [0.05, 0.1) is 13.2 Å². The molecule has 0 aromatic heterocycles. The maximum Gasteiger partial charge on any atom is 0.304 e. The Hall–Kier alpha value is -1.52. The quantitative estimate of drug-likeness (QED) is 0.143. The van der Waals surface area contributed by atoms with Gasteiger partial charge in [0.15, 0.2) is 6.10 Å². The van der Waals surface area contributed by atoms with E-state index in [4.69, 9.17) is 5.11 Å². The molecule has 1 aromatic carbocycles. The smallest absolute Gasteiger partial charge is 0.304 e. The van der Waals surface area contributed by atoms with Gasteiger partial charge < -0.3 is 15.3 Å². The molecule has 0 heterocycles. The minimum atomic E-state index is -4.31. The van der Waals surface area contributed by atoms with Crippen molar-refractivity contribution in [1.29, 1.82) is 0 Å². The summed E-state index contributed by atoms with van der Waals surface area (Å²) in [5.74, 6) is -1.18. The van der Waals surface area contributed by atoms with Gasteiger partial charge in [-0.3, -0.25) is 4.79 Å². The number of aliphatic hydroxyl groups excluding tert-OH is 3. The summed E-state index contributed by atoms with van der Waals surface area (Å²) in [7, 11) is -4.31. The normalized spacial score (nSPS) is 14.2. The lowest BCUT2D eigenvalue weighted by atomic mass is 10.0. The highest BCUT2D eigenvalue weighted by Crippen LogP contribution is 2.17. The topological polar surface area (TPSA) is 127 Å². The van der Waals surface area contributed by atoms with Gasteiger partial charge in [-0.2, -0.15) is 13.1 Å². The number of aliphatic hydroxyl groups is 3. The summed E-state index contributed by atoms with van der Waals surface area (Å²) in [6.07, 6.45) is 13.0. The van der Waals surface area contributed by atoms with Crippen LogP contribution in [-0.2, 0) is 21.5 Å². The molecule has 0 radical (unpaired) electrons. The number of benzene rings is 1. The second-order valence-electron chi connectivity index (χ2n) is 10.3. The minimum absolute atomic E-state index is 0.290. The first kappa shape index (κ1) is 34.5. The van der Waals surface area contributed by atoms with Crippen LogP contribution in [0.4, 0.5) is 0 Å². The molecule has 1 rings (SSSR count). The molecule has 4 N–H and O–H groups in total. The lowest BCUT2D eigenvalue weighted by Crippen LogP contribution is -2.53. The molecule has 0 saturated carbocycles. The van der Waals surface area contributed by atoms with Crippen molar-refractivity contribution in [2.45, 2.75) is 135 Å². The van der Waals surface area contributed by atoms with Gasteiger partial charge in [-0.1, -0.05) is 128 Å². The largest absolute Gasteiger partial charge is 0.394 e. The zero-order valence-electron chi connectivity index (χ0n) is 23.6. The highest BCUT2D eigenvalue weighted by molar-refractivity contribution is 7.87. The summed E-state index contributed by atoms with van der Waals surface area (Å²) in [5, 5.41) is 29.1. The van der Waals surface area contributed by atoms with Gasteiger partial charge in [-0.25, -0.2) is 4.31 Å². The Morgan fingerprint density at radius 1 is 0.816 bits per heavy atom. The van der Waals surface area contributed by atoms with Crippen molar-refractivity contribution >= 4 is 16.1 Å². The van der Waals surface area contributed by atoms with Crippen LogP contribution in [0, 0.1) is 0 Å². The summed E-state index contributed by atoms with van der Waals surface area (Å²) < 4.78 is 29.9. The third kappa shape index (κ3) is 14.0. The zero-order valence-corrected chi connectivity index (χ0v) is 24.4. The van der Waals surface area contributed by atoms with E-state index in [1.807, 2.05) is 6.92 Å². The maximum atomic E-state index is 13.3. The van der Waals surface area contributed by atoms with E-state index in [1.54, 1.807) is 30.3 Å². The molecular formula is C29H52N2O6S. The van der Waals surface area contributed by atoms with Crippen molar-refractivity contribution in [1.82, 2.24) is 9.03 Å². The fourth-order valence-corrected chi connectivity index (χ4v) is 6.01. The van der Waals surface area contributed by atoms with Crippen molar-refractivity contribution in [2.75, 3.05) is 6.61 Å². The fraction of sp³-hybridized carbons (Fsp3) is 0.759. The number of carbonyl (C=O) groups excluding carboxylic acids is 1. The van der Waals surface area contributed by atoms with Crippen LogP contribution in [0.3, 0.4) is 0 Å². The lowest BCUT2D eigenvalue weighted by molar-refractivity contribution is -0.143. The second kappa shape index (κ2) is 20.4. The van der Waals surface area contributed by atoms with Gasteiger partial charge >= 0.3 is 10.2 Å². The van der Waals surface area contributed by atoms with Crippen LogP contribution in [0.5, 0.6) is 0 Å². The van der Waals surface area contributed by atoms with Crippen LogP contribution in [-0.4, -0.2) is 58.8 Å². The Balaban J connectivity index is 2.62. The first-order valence-electron chi connectivity index (χ1n) is 14.6. The monoisotopic (exact) mass is 556 g/mol. The Morgan fingerprint density at radius 2 is 1.34 bits per heavy atom. The maximum absolute atomic E-state index is 13.3. The van der Waals surface area contributed by atoms with E-state index in [-0.39, 0.29) is 12.6 Å². The van der Waals surface area contributed by atoms with Crippen LogP contribution in [0.15, 0.2) is 30.3 Å². The number of amides is 1. The number of hydrogen-bond donors (Lipinski definition) is 4. The Bertz CT molecular complexity index is 837. The van der Waals surface area contributed by atoms with E-state index < -0.39 is 34.9 Å². The molecule has 0 bridgehead atoms. The molecule has 8 nitrogen and oxygen atoms in total. The average molecular weight is 557 g/mol. The number of rotatable bonds is 23. The van der Waals surface area contributed by atoms with E-state index in [2.05, 4.69) is 11.6 Å². The Kier molecular flexibility index (Phi) is 18.5. The molecule has 1 amide bonds. The van der Waals surface area contributed by atoms with E-state index >= 15 is 0 Å². The highest BCUT2D eigenvalue weighted by atomic mass is 32.2. The molecule has 220 valence electrons.